The number of nitrogens with zero attached hydrogens (tertiary/aromatic N) is 2. The molecule has 0 bridgehead atoms. The van der Waals surface area contributed by atoms with E-state index in [0.29, 0.717) is 5.82 Å². The molecule has 1 aromatic heterocycles. The van der Waals surface area contributed by atoms with E-state index in [2.05, 4.69) is 4.98 Å². The fourth-order valence-corrected chi connectivity index (χ4v) is 2.53. The summed E-state index contributed by atoms with van der Waals surface area (Å²) in [4.78, 5) is 3.89. The number of imidazole rings is 1. The molecule has 1 aromatic carbocycles. The first-order chi connectivity index (χ1) is 8.09. The molecule has 0 atom stereocenters. The van der Waals surface area contributed by atoms with Crippen LogP contribution in [0, 0.1) is 6.92 Å². The molecule has 2 rings (SSSR count). The average molecular weight is 248 g/mol. The van der Waals surface area contributed by atoms with E-state index in [-0.39, 0.29) is 0 Å². The van der Waals surface area contributed by atoms with Crippen LogP contribution >= 0.6 is 0 Å². The van der Waals surface area contributed by atoms with Crippen molar-refractivity contribution in [2.24, 2.45) is 0 Å². The van der Waals surface area contributed by atoms with E-state index in [4.69, 9.17) is 0 Å². The second-order valence-corrected chi connectivity index (χ2v) is 5.22. The molecule has 2 aromatic rings. The van der Waals surface area contributed by atoms with Gasteiger partial charge in [0.05, 0.1) is 5.41 Å². The smallest absolute Gasteiger partial charge is 0.241 e. The molecule has 0 unspecified atom stereocenters. The zero-order valence-electron chi connectivity index (χ0n) is 9.32. The highest BCUT2D eigenvalue weighted by atomic mass is 32.2. The maximum absolute atomic E-state index is 11.9. The minimum Gasteiger partial charge on any atom is -0.241 e. The van der Waals surface area contributed by atoms with Crippen molar-refractivity contribution in [2.75, 3.05) is 0 Å². The largest absolute Gasteiger partial charge is 0.262 e. The summed E-state index contributed by atoms with van der Waals surface area (Å²) in [5.41, 5.74) is 0.842. The van der Waals surface area contributed by atoms with Gasteiger partial charge in [0.2, 0.25) is 0 Å². The van der Waals surface area contributed by atoms with Crippen LogP contribution in [0.25, 0.3) is 6.08 Å². The van der Waals surface area contributed by atoms with E-state index in [0.717, 1.165) is 9.54 Å². The molecule has 0 radical (unpaired) electrons. The topological polar surface area (TPSA) is 52.0 Å². The lowest BCUT2D eigenvalue weighted by molar-refractivity contribution is 0.595. The van der Waals surface area contributed by atoms with Gasteiger partial charge >= 0.3 is 0 Å². The highest BCUT2D eigenvalue weighted by molar-refractivity contribution is 7.93. The SMILES string of the molecule is Cc1nccn1S(=O)(=O)/C=C/c1ccccc1. The van der Waals surface area contributed by atoms with Crippen LogP contribution in [0.1, 0.15) is 11.4 Å². The Labute approximate surface area is 100 Å². The van der Waals surface area contributed by atoms with Crippen LogP contribution in [-0.4, -0.2) is 17.4 Å². The number of aromatic nitrogens is 2. The monoisotopic (exact) mass is 248 g/mol. The molecule has 17 heavy (non-hydrogen) atoms. The molecule has 0 amide bonds. The summed E-state index contributed by atoms with van der Waals surface area (Å²) in [6.45, 7) is 1.65. The summed E-state index contributed by atoms with van der Waals surface area (Å²) in [5, 5.41) is 1.18. The summed E-state index contributed by atoms with van der Waals surface area (Å²) in [7, 11) is -3.47. The van der Waals surface area contributed by atoms with Gasteiger partial charge in [0, 0.05) is 12.4 Å². The Balaban J connectivity index is 2.31. The minimum absolute atomic E-state index is 0.447. The first-order valence-electron chi connectivity index (χ1n) is 5.08. The van der Waals surface area contributed by atoms with Crippen molar-refractivity contribution in [3.63, 3.8) is 0 Å². The molecule has 0 aliphatic carbocycles. The van der Waals surface area contributed by atoms with E-state index >= 15 is 0 Å². The predicted octanol–water partition coefficient (Wildman–Crippen LogP) is 2.04. The summed E-state index contributed by atoms with van der Waals surface area (Å²) >= 11 is 0. The Hall–Kier alpha value is -1.88. The van der Waals surface area contributed by atoms with E-state index in [1.54, 1.807) is 13.0 Å². The van der Waals surface area contributed by atoms with Gasteiger partial charge in [-0.1, -0.05) is 30.3 Å². The Morgan fingerprint density at radius 3 is 2.53 bits per heavy atom. The van der Waals surface area contributed by atoms with Crippen molar-refractivity contribution in [3.05, 3.63) is 59.5 Å². The third-order valence-electron chi connectivity index (χ3n) is 2.29. The van der Waals surface area contributed by atoms with E-state index in [9.17, 15) is 8.42 Å². The molecule has 5 heteroatoms. The first kappa shape index (κ1) is 11.6. The number of hydrogen-bond acceptors (Lipinski definition) is 3. The summed E-state index contributed by atoms with van der Waals surface area (Å²) in [6.07, 6.45) is 4.46. The molecule has 0 saturated carbocycles. The van der Waals surface area contributed by atoms with Gasteiger partial charge in [0.1, 0.15) is 5.82 Å². The van der Waals surface area contributed by atoms with Gasteiger partial charge in [-0.2, -0.15) is 0 Å². The van der Waals surface area contributed by atoms with Gasteiger partial charge in [0.25, 0.3) is 10.0 Å². The standard InChI is InChI=1S/C12H12N2O2S/c1-11-13-8-9-14(11)17(15,16)10-7-12-5-3-2-4-6-12/h2-10H,1H3/b10-7+. The second kappa shape index (κ2) is 4.55. The van der Waals surface area contributed by atoms with Gasteiger partial charge < -0.3 is 0 Å². The highest BCUT2D eigenvalue weighted by Crippen LogP contribution is 2.07. The minimum atomic E-state index is -3.47. The predicted molar refractivity (Wildman–Crippen MR) is 66.8 cm³/mol. The van der Waals surface area contributed by atoms with Crippen LogP contribution in [0.15, 0.2) is 48.1 Å². The molecule has 0 N–H and O–H groups in total. The molecule has 0 aliphatic heterocycles. The zero-order chi connectivity index (χ0) is 12.3. The maximum atomic E-state index is 11.9. The van der Waals surface area contributed by atoms with Crippen LogP contribution in [0.2, 0.25) is 0 Å². The van der Waals surface area contributed by atoms with Gasteiger partial charge in [-0.15, -0.1) is 0 Å². The Morgan fingerprint density at radius 2 is 1.94 bits per heavy atom. The van der Waals surface area contributed by atoms with Crippen molar-refractivity contribution in [1.29, 1.82) is 0 Å². The number of aryl methyl sites for hydroxylation is 1. The van der Waals surface area contributed by atoms with Crippen molar-refractivity contribution >= 4 is 16.1 Å². The number of hydrogen-bond donors (Lipinski definition) is 0. The van der Waals surface area contributed by atoms with E-state index in [1.807, 2.05) is 30.3 Å². The first-order valence-corrected chi connectivity index (χ1v) is 6.58. The fourth-order valence-electron chi connectivity index (χ4n) is 1.43. The van der Waals surface area contributed by atoms with Crippen LogP contribution in [-0.2, 0) is 10.0 Å². The molecule has 0 spiro atoms. The molecule has 88 valence electrons. The van der Waals surface area contributed by atoms with Crippen molar-refractivity contribution in [2.45, 2.75) is 6.92 Å². The maximum Gasteiger partial charge on any atom is 0.262 e. The zero-order valence-corrected chi connectivity index (χ0v) is 10.1. The van der Waals surface area contributed by atoms with Gasteiger partial charge in [-0.05, 0) is 18.6 Å². The summed E-state index contributed by atoms with van der Waals surface area (Å²) < 4.78 is 25.0. The van der Waals surface area contributed by atoms with Crippen LogP contribution < -0.4 is 0 Å². The van der Waals surface area contributed by atoms with Gasteiger partial charge in [-0.25, -0.2) is 17.4 Å². The molecule has 0 saturated heterocycles. The fraction of sp³-hybridized carbons (Fsp3) is 0.0833. The van der Waals surface area contributed by atoms with Crippen molar-refractivity contribution in [1.82, 2.24) is 8.96 Å². The molecule has 0 aliphatic rings. The lowest BCUT2D eigenvalue weighted by atomic mass is 10.2. The van der Waals surface area contributed by atoms with Crippen LogP contribution in [0.3, 0.4) is 0 Å². The molecular weight excluding hydrogens is 236 g/mol. The summed E-state index contributed by atoms with van der Waals surface area (Å²) in [5.74, 6) is 0.447. The van der Waals surface area contributed by atoms with Gasteiger partial charge in [-0.3, -0.25) is 0 Å². The van der Waals surface area contributed by atoms with E-state index < -0.39 is 10.0 Å². The lowest BCUT2D eigenvalue weighted by Crippen LogP contribution is -2.09. The third kappa shape index (κ3) is 2.62. The third-order valence-corrected chi connectivity index (χ3v) is 3.70. The van der Waals surface area contributed by atoms with Gasteiger partial charge in [0.15, 0.2) is 0 Å². The molecule has 4 nitrogen and oxygen atoms in total. The average Bonchev–Trinajstić information content (AvgIpc) is 2.75. The Morgan fingerprint density at radius 1 is 1.24 bits per heavy atom. The highest BCUT2D eigenvalue weighted by Gasteiger charge is 2.10. The Bertz CT molecular complexity index is 628. The summed E-state index contributed by atoms with van der Waals surface area (Å²) in [6, 6.07) is 9.27. The lowest BCUT2D eigenvalue weighted by Gasteiger charge is -2.01. The van der Waals surface area contributed by atoms with Crippen LogP contribution in [0.5, 0.6) is 0 Å². The van der Waals surface area contributed by atoms with E-state index in [1.165, 1.54) is 17.8 Å². The molecule has 0 fully saturated rings. The number of rotatable bonds is 3. The molecule has 1 heterocycles. The van der Waals surface area contributed by atoms with Crippen molar-refractivity contribution in [3.8, 4) is 0 Å². The Kier molecular flexibility index (Phi) is 3.10. The van der Waals surface area contributed by atoms with Crippen LogP contribution in [0.4, 0.5) is 0 Å². The van der Waals surface area contributed by atoms with Crippen molar-refractivity contribution < 1.29 is 8.42 Å². The second-order valence-electron chi connectivity index (χ2n) is 3.53. The quantitative estimate of drug-likeness (QED) is 0.835. The molecular formula is C12H12N2O2S. The normalized spacial score (nSPS) is 12.1. The number of benzene rings is 1.